The zero-order valence-electron chi connectivity index (χ0n) is 19.8. The monoisotopic (exact) mass is 512 g/mol. The Hall–Kier alpha value is -3.09. The van der Waals surface area contributed by atoms with Crippen LogP contribution in [0.5, 0.6) is 5.88 Å². The second kappa shape index (κ2) is 11.3. The number of benzene rings is 1. The summed E-state index contributed by atoms with van der Waals surface area (Å²) in [6.45, 7) is 1.95. The molecule has 36 heavy (non-hydrogen) atoms. The van der Waals surface area contributed by atoms with E-state index in [1.54, 1.807) is 12.3 Å². The van der Waals surface area contributed by atoms with Crippen molar-refractivity contribution >= 4 is 40.2 Å². The SMILES string of the molecule is NCCOc1cnc2ccc(F)c(NCC3CCC(NCc4cnc5c(n4)NC(=O)CS5)CC3)c2n1. The molecule has 1 fully saturated rings. The number of hydrogen-bond acceptors (Lipinski definition) is 10. The first kappa shape index (κ1) is 24.6. The summed E-state index contributed by atoms with van der Waals surface area (Å²) in [4.78, 5) is 29.3. The molecule has 0 spiro atoms. The zero-order chi connectivity index (χ0) is 24.9. The number of halogens is 1. The van der Waals surface area contributed by atoms with Crippen LogP contribution in [0.15, 0.2) is 29.6 Å². The number of nitrogens with zero attached hydrogens (tertiary/aromatic N) is 4. The van der Waals surface area contributed by atoms with Crippen molar-refractivity contribution in [1.29, 1.82) is 0 Å². The van der Waals surface area contributed by atoms with Gasteiger partial charge in [0.25, 0.3) is 0 Å². The van der Waals surface area contributed by atoms with E-state index in [0.29, 0.717) is 72.4 Å². The lowest BCUT2D eigenvalue weighted by atomic mass is 9.86. The predicted octanol–water partition coefficient (Wildman–Crippen LogP) is 2.70. The van der Waals surface area contributed by atoms with Crippen LogP contribution in [0, 0.1) is 11.7 Å². The molecule has 0 unspecified atom stereocenters. The highest BCUT2D eigenvalue weighted by molar-refractivity contribution is 8.00. The second-order valence-electron chi connectivity index (χ2n) is 8.97. The Morgan fingerprint density at radius 2 is 2.03 bits per heavy atom. The third kappa shape index (κ3) is 5.82. The molecule has 1 saturated carbocycles. The Bertz CT molecular complexity index is 1240. The number of thioether (sulfide) groups is 1. The Balaban J connectivity index is 1.13. The van der Waals surface area contributed by atoms with Crippen LogP contribution >= 0.6 is 11.8 Å². The van der Waals surface area contributed by atoms with Crippen LogP contribution in [0.25, 0.3) is 11.0 Å². The van der Waals surface area contributed by atoms with Gasteiger partial charge in [0.1, 0.15) is 23.0 Å². The third-order valence-electron chi connectivity index (χ3n) is 6.38. The van der Waals surface area contributed by atoms with Gasteiger partial charge in [0, 0.05) is 25.7 Å². The smallest absolute Gasteiger partial charge is 0.236 e. The Morgan fingerprint density at radius 1 is 1.17 bits per heavy atom. The molecule has 2 aliphatic rings. The van der Waals surface area contributed by atoms with Crippen molar-refractivity contribution in [2.75, 3.05) is 36.1 Å². The van der Waals surface area contributed by atoms with Gasteiger partial charge < -0.3 is 26.4 Å². The van der Waals surface area contributed by atoms with Gasteiger partial charge in [-0.2, -0.15) is 0 Å². The van der Waals surface area contributed by atoms with Crippen LogP contribution in [-0.4, -0.2) is 57.3 Å². The minimum Gasteiger partial charge on any atom is -0.475 e. The van der Waals surface area contributed by atoms with Crippen molar-refractivity contribution in [3.05, 3.63) is 36.0 Å². The van der Waals surface area contributed by atoms with Gasteiger partial charge in [0.05, 0.1) is 35.0 Å². The van der Waals surface area contributed by atoms with E-state index in [1.165, 1.54) is 24.0 Å². The molecule has 10 nitrogen and oxygen atoms in total. The van der Waals surface area contributed by atoms with Crippen LogP contribution in [0.1, 0.15) is 31.4 Å². The molecule has 0 radical (unpaired) electrons. The van der Waals surface area contributed by atoms with Gasteiger partial charge in [-0.1, -0.05) is 11.8 Å². The number of fused-ring (bicyclic) bond motifs is 2. The number of carbonyl (C=O) groups excluding carboxylic acids is 1. The lowest BCUT2D eigenvalue weighted by Crippen LogP contribution is -2.34. The highest BCUT2D eigenvalue weighted by Gasteiger charge is 2.23. The summed E-state index contributed by atoms with van der Waals surface area (Å²) in [7, 11) is 0. The summed E-state index contributed by atoms with van der Waals surface area (Å²) in [5.74, 6) is 1.28. The first-order chi connectivity index (χ1) is 17.6. The largest absolute Gasteiger partial charge is 0.475 e. The minimum atomic E-state index is -0.358. The summed E-state index contributed by atoms with van der Waals surface area (Å²) in [5, 5.41) is 10.4. The van der Waals surface area contributed by atoms with E-state index in [4.69, 9.17) is 10.5 Å². The van der Waals surface area contributed by atoms with E-state index >= 15 is 0 Å². The molecular weight excluding hydrogens is 483 g/mol. The van der Waals surface area contributed by atoms with E-state index in [-0.39, 0.29) is 11.7 Å². The Morgan fingerprint density at radius 3 is 2.86 bits per heavy atom. The lowest BCUT2D eigenvalue weighted by molar-refractivity contribution is -0.113. The number of nitrogens with two attached hydrogens (primary N) is 1. The van der Waals surface area contributed by atoms with Crippen LogP contribution in [0.4, 0.5) is 15.9 Å². The molecule has 1 amide bonds. The summed E-state index contributed by atoms with van der Waals surface area (Å²) in [6, 6.07) is 3.41. The van der Waals surface area contributed by atoms with Crippen molar-refractivity contribution in [2.45, 2.75) is 43.3 Å². The normalized spacial score (nSPS) is 19.6. The summed E-state index contributed by atoms with van der Waals surface area (Å²) < 4.78 is 20.1. The fraction of sp³-hybridized carbons (Fsp3) is 0.458. The lowest BCUT2D eigenvalue weighted by Gasteiger charge is -2.29. The maximum Gasteiger partial charge on any atom is 0.236 e. The molecule has 3 aromatic rings. The minimum absolute atomic E-state index is 0.0466. The summed E-state index contributed by atoms with van der Waals surface area (Å²) >= 11 is 1.41. The number of carbonyl (C=O) groups is 1. The van der Waals surface area contributed by atoms with Crippen molar-refractivity contribution in [2.24, 2.45) is 11.7 Å². The average molecular weight is 513 g/mol. The van der Waals surface area contributed by atoms with Crippen molar-refractivity contribution < 1.29 is 13.9 Å². The van der Waals surface area contributed by atoms with Crippen molar-refractivity contribution in [3.8, 4) is 5.88 Å². The second-order valence-corrected chi connectivity index (χ2v) is 9.93. The van der Waals surface area contributed by atoms with Gasteiger partial charge in [-0.25, -0.2) is 24.3 Å². The van der Waals surface area contributed by atoms with Crippen LogP contribution in [-0.2, 0) is 11.3 Å². The maximum absolute atomic E-state index is 14.7. The molecule has 1 aliphatic heterocycles. The van der Waals surface area contributed by atoms with Gasteiger partial charge >= 0.3 is 0 Å². The van der Waals surface area contributed by atoms with Crippen molar-refractivity contribution in [1.82, 2.24) is 25.3 Å². The Kier molecular flexibility index (Phi) is 7.73. The van der Waals surface area contributed by atoms with E-state index < -0.39 is 0 Å². The molecule has 190 valence electrons. The fourth-order valence-corrected chi connectivity index (χ4v) is 5.19. The number of rotatable bonds is 9. The van der Waals surface area contributed by atoms with Crippen molar-refractivity contribution in [3.63, 3.8) is 0 Å². The van der Waals surface area contributed by atoms with Gasteiger partial charge in [-0.15, -0.1) is 0 Å². The molecule has 12 heteroatoms. The number of hydrogen-bond donors (Lipinski definition) is 4. The molecule has 5 N–H and O–H groups in total. The number of ether oxygens (including phenoxy) is 1. The first-order valence-electron chi connectivity index (χ1n) is 12.1. The van der Waals surface area contributed by atoms with Crippen LogP contribution in [0.3, 0.4) is 0 Å². The van der Waals surface area contributed by atoms with E-state index in [0.717, 1.165) is 36.4 Å². The average Bonchev–Trinajstić information content (AvgIpc) is 2.90. The van der Waals surface area contributed by atoms with E-state index in [1.807, 2.05) is 0 Å². The third-order valence-corrected chi connectivity index (χ3v) is 7.36. The number of anilines is 2. The summed E-state index contributed by atoms with van der Waals surface area (Å²) in [6.07, 6.45) is 7.38. The van der Waals surface area contributed by atoms with Gasteiger partial charge in [-0.05, 0) is 43.7 Å². The maximum atomic E-state index is 14.7. The topological polar surface area (TPSA) is 140 Å². The molecule has 0 atom stereocenters. The number of amides is 1. The molecule has 0 saturated heterocycles. The quantitative estimate of drug-likeness (QED) is 0.338. The molecule has 3 heterocycles. The molecule has 1 aromatic carbocycles. The molecular formula is C24H29FN8O2S. The predicted molar refractivity (Wildman–Crippen MR) is 137 cm³/mol. The van der Waals surface area contributed by atoms with Gasteiger partial charge in [0.2, 0.25) is 11.8 Å². The number of nitrogens with one attached hydrogen (secondary N) is 3. The molecule has 1 aliphatic carbocycles. The van der Waals surface area contributed by atoms with Gasteiger partial charge in [0.15, 0.2) is 5.82 Å². The number of aromatic nitrogens is 4. The Labute approximate surface area is 212 Å². The molecule has 2 aromatic heterocycles. The zero-order valence-corrected chi connectivity index (χ0v) is 20.6. The standard InChI is InChI=1S/C24H29FN8O2S/c25-17-5-6-18-22(33-20(12-28-18)35-8-7-26)21(17)29-9-14-1-3-15(4-2-14)27-10-16-11-30-24-23(31-16)32-19(34)13-36-24/h5-6,11-12,14-15,27,29H,1-4,7-10,13,26H2,(H,31,32,34). The molecule has 5 rings (SSSR count). The van der Waals surface area contributed by atoms with Crippen LogP contribution < -0.4 is 26.4 Å². The highest BCUT2D eigenvalue weighted by atomic mass is 32.2. The first-order valence-corrected chi connectivity index (χ1v) is 13.1. The van der Waals surface area contributed by atoms with Gasteiger partial charge in [-0.3, -0.25) is 4.79 Å². The van der Waals surface area contributed by atoms with E-state index in [2.05, 4.69) is 35.9 Å². The molecule has 0 bridgehead atoms. The van der Waals surface area contributed by atoms with E-state index in [9.17, 15) is 9.18 Å². The summed E-state index contributed by atoms with van der Waals surface area (Å²) in [5.41, 5.74) is 7.72. The van der Waals surface area contributed by atoms with Crippen LogP contribution in [0.2, 0.25) is 0 Å². The highest BCUT2D eigenvalue weighted by Crippen LogP contribution is 2.30. The fourth-order valence-electron chi connectivity index (χ4n) is 4.49.